The Hall–Kier alpha value is -1.13. The number of rotatable bonds is 4. The number of nitrogens with one attached hydrogen (secondary N) is 1. The first kappa shape index (κ1) is 12.3. The van der Waals surface area contributed by atoms with Crippen LogP contribution in [0.5, 0.6) is 0 Å². The minimum atomic E-state index is 0.785. The lowest BCUT2D eigenvalue weighted by Crippen LogP contribution is -2.13. The van der Waals surface area contributed by atoms with Crippen molar-refractivity contribution in [3.05, 3.63) is 51.3 Å². The van der Waals surface area contributed by atoms with Crippen LogP contribution in [-0.2, 0) is 13.1 Å². The third-order valence-electron chi connectivity index (χ3n) is 2.70. The SMILES string of the molecule is Cc1noc(C)c1CNCc1cccc(Br)c1. The lowest BCUT2D eigenvalue weighted by atomic mass is 10.2. The Morgan fingerprint density at radius 2 is 2.12 bits per heavy atom. The molecule has 1 aromatic carbocycles. The third-order valence-corrected chi connectivity index (χ3v) is 3.19. The molecular weight excluding hydrogens is 280 g/mol. The number of aromatic nitrogens is 1. The van der Waals surface area contributed by atoms with E-state index >= 15 is 0 Å². The van der Waals surface area contributed by atoms with Gasteiger partial charge in [0.05, 0.1) is 5.69 Å². The van der Waals surface area contributed by atoms with Gasteiger partial charge in [-0.2, -0.15) is 0 Å². The van der Waals surface area contributed by atoms with E-state index in [0.717, 1.165) is 34.6 Å². The van der Waals surface area contributed by atoms with Crippen molar-refractivity contribution in [2.24, 2.45) is 0 Å². The number of hydrogen-bond donors (Lipinski definition) is 1. The minimum absolute atomic E-state index is 0.785. The molecule has 2 aromatic rings. The number of nitrogens with zero attached hydrogens (tertiary/aromatic N) is 1. The molecule has 4 heteroatoms. The molecule has 0 aliphatic heterocycles. The van der Waals surface area contributed by atoms with Gasteiger partial charge in [0, 0.05) is 23.1 Å². The molecule has 0 saturated heterocycles. The van der Waals surface area contributed by atoms with E-state index in [0.29, 0.717) is 0 Å². The Bertz CT molecular complexity index is 488. The number of aryl methyl sites for hydroxylation is 2. The Balaban J connectivity index is 1.92. The molecule has 0 saturated carbocycles. The van der Waals surface area contributed by atoms with Crippen molar-refractivity contribution in [2.75, 3.05) is 0 Å². The van der Waals surface area contributed by atoms with Gasteiger partial charge in [-0.25, -0.2) is 0 Å². The molecule has 3 nitrogen and oxygen atoms in total. The highest BCUT2D eigenvalue weighted by Gasteiger charge is 2.07. The molecule has 2 rings (SSSR count). The predicted octanol–water partition coefficient (Wildman–Crippen LogP) is 3.34. The van der Waals surface area contributed by atoms with Crippen molar-refractivity contribution in [3.8, 4) is 0 Å². The minimum Gasteiger partial charge on any atom is -0.361 e. The van der Waals surface area contributed by atoms with Gasteiger partial charge in [-0.15, -0.1) is 0 Å². The van der Waals surface area contributed by atoms with E-state index < -0.39 is 0 Å². The zero-order valence-electron chi connectivity index (χ0n) is 9.96. The van der Waals surface area contributed by atoms with Crippen molar-refractivity contribution in [2.45, 2.75) is 26.9 Å². The lowest BCUT2D eigenvalue weighted by Gasteiger charge is -2.05. The van der Waals surface area contributed by atoms with Gasteiger partial charge in [0.1, 0.15) is 5.76 Å². The number of benzene rings is 1. The molecule has 1 N–H and O–H groups in total. The molecule has 0 aliphatic rings. The van der Waals surface area contributed by atoms with Gasteiger partial charge in [0.25, 0.3) is 0 Å². The zero-order valence-corrected chi connectivity index (χ0v) is 11.5. The van der Waals surface area contributed by atoms with Crippen LogP contribution < -0.4 is 5.32 Å². The smallest absolute Gasteiger partial charge is 0.138 e. The molecule has 0 fully saturated rings. The maximum absolute atomic E-state index is 5.12. The van der Waals surface area contributed by atoms with E-state index in [1.807, 2.05) is 26.0 Å². The summed E-state index contributed by atoms with van der Waals surface area (Å²) in [4.78, 5) is 0. The van der Waals surface area contributed by atoms with Gasteiger partial charge in [-0.1, -0.05) is 33.2 Å². The summed E-state index contributed by atoms with van der Waals surface area (Å²) in [7, 11) is 0. The second kappa shape index (κ2) is 5.47. The topological polar surface area (TPSA) is 38.1 Å². The molecule has 0 spiro atoms. The maximum atomic E-state index is 5.12. The summed E-state index contributed by atoms with van der Waals surface area (Å²) in [6.45, 7) is 5.53. The van der Waals surface area contributed by atoms with Crippen molar-refractivity contribution >= 4 is 15.9 Å². The summed E-state index contributed by atoms with van der Waals surface area (Å²) in [5, 5.41) is 7.33. The van der Waals surface area contributed by atoms with Crippen molar-refractivity contribution in [3.63, 3.8) is 0 Å². The normalized spacial score (nSPS) is 10.8. The van der Waals surface area contributed by atoms with E-state index in [4.69, 9.17) is 4.52 Å². The summed E-state index contributed by atoms with van der Waals surface area (Å²) >= 11 is 3.46. The van der Waals surface area contributed by atoms with Crippen LogP contribution >= 0.6 is 15.9 Å². The highest BCUT2D eigenvalue weighted by Crippen LogP contribution is 2.13. The summed E-state index contributed by atoms with van der Waals surface area (Å²) < 4.78 is 6.23. The van der Waals surface area contributed by atoms with Gasteiger partial charge in [0.15, 0.2) is 0 Å². The largest absolute Gasteiger partial charge is 0.361 e. The van der Waals surface area contributed by atoms with Crippen LogP contribution in [0.4, 0.5) is 0 Å². The van der Waals surface area contributed by atoms with Crippen LogP contribution in [0.25, 0.3) is 0 Å². The van der Waals surface area contributed by atoms with E-state index in [1.54, 1.807) is 0 Å². The molecule has 0 amide bonds. The Labute approximate surface area is 109 Å². The van der Waals surface area contributed by atoms with Crippen LogP contribution in [0.1, 0.15) is 22.6 Å². The fourth-order valence-electron chi connectivity index (χ4n) is 1.73. The third kappa shape index (κ3) is 3.17. The summed E-state index contributed by atoms with van der Waals surface area (Å²) in [6.07, 6.45) is 0. The fourth-order valence-corrected chi connectivity index (χ4v) is 2.18. The van der Waals surface area contributed by atoms with Gasteiger partial charge in [-0.3, -0.25) is 0 Å². The quantitative estimate of drug-likeness (QED) is 0.940. The van der Waals surface area contributed by atoms with Gasteiger partial charge < -0.3 is 9.84 Å². The van der Waals surface area contributed by atoms with E-state index in [9.17, 15) is 0 Å². The first-order chi connectivity index (χ1) is 8.16. The lowest BCUT2D eigenvalue weighted by molar-refractivity contribution is 0.392. The highest BCUT2D eigenvalue weighted by atomic mass is 79.9. The second-order valence-corrected chi connectivity index (χ2v) is 4.95. The molecule has 0 radical (unpaired) electrons. The highest BCUT2D eigenvalue weighted by molar-refractivity contribution is 9.10. The predicted molar refractivity (Wildman–Crippen MR) is 70.7 cm³/mol. The van der Waals surface area contributed by atoms with Crippen molar-refractivity contribution < 1.29 is 4.52 Å². The molecule has 90 valence electrons. The Morgan fingerprint density at radius 3 is 2.76 bits per heavy atom. The molecule has 17 heavy (non-hydrogen) atoms. The molecular formula is C13H15BrN2O. The summed E-state index contributed by atoms with van der Waals surface area (Å²) in [5.74, 6) is 0.893. The summed E-state index contributed by atoms with van der Waals surface area (Å²) in [5.41, 5.74) is 3.37. The Kier molecular flexibility index (Phi) is 3.97. The first-order valence-electron chi connectivity index (χ1n) is 5.53. The van der Waals surface area contributed by atoms with Crippen LogP contribution in [0.2, 0.25) is 0 Å². The average Bonchev–Trinajstić information content (AvgIpc) is 2.61. The van der Waals surface area contributed by atoms with Gasteiger partial charge in [-0.05, 0) is 31.5 Å². The molecule has 1 aromatic heterocycles. The molecule has 0 unspecified atom stereocenters. The molecule has 0 atom stereocenters. The first-order valence-corrected chi connectivity index (χ1v) is 6.33. The Morgan fingerprint density at radius 1 is 1.29 bits per heavy atom. The van der Waals surface area contributed by atoms with Crippen LogP contribution in [0.3, 0.4) is 0 Å². The second-order valence-electron chi connectivity index (χ2n) is 4.04. The van der Waals surface area contributed by atoms with E-state index in [1.165, 1.54) is 5.56 Å². The number of hydrogen-bond acceptors (Lipinski definition) is 3. The van der Waals surface area contributed by atoms with E-state index in [2.05, 4.69) is 38.5 Å². The zero-order chi connectivity index (χ0) is 12.3. The van der Waals surface area contributed by atoms with Gasteiger partial charge >= 0.3 is 0 Å². The van der Waals surface area contributed by atoms with Crippen LogP contribution in [0.15, 0.2) is 33.3 Å². The van der Waals surface area contributed by atoms with Crippen molar-refractivity contribution in [1.29, 1.82) is 0 Å². The van der Waals surface area contributed by atoms with Gasteiger partial charge in [0.2, 0.25) is 0 Å². The van der Waals surface area contributed by atoms with E-state index in [-0.39, 0.29) is 0 Å². The molecule has 0 aliphatic carbocycles. The van der Waals surface area contributed by atoms with Crippen LogP contribution in [-0.4, -0.2) is 5.16 Å². The summed E-state index contributed by atoms with van der Waals surface area (Å²) in [6, 6.07) is 8.28. The van der Waals surface area contributed by atoms with Crippen molar-refractivity contribution in [1.82, 2.24) is 10.5 Å². The fraction of sp³-hybridized carbons (Fsp3) is 0.308. The number of halogens is 1. The average molecular weight is 295 g/mol. The monoisotopic (exact) mass is 294 g/mol. The maximum Gasteiger partial charge on any atom is 0.138 e. The van der Waals surface area contributed by atoms with Crippen LogP contribution in [0, 0.1) is 13.8 Å². The molecule has 1 heterocycles. The standard InChI is InChI=1S/C13H15BrN2O/c1-9-13(10(2)17-16-9)8-15-7-11-4-3-5-12(14)6-11/h3-6,15H,7-8H2,1-2H3. The molecule has 0 bridgehead atoms.